The van der Waals surface area contributed by atoms with Gasteiger partial charge < -0.3 is 11.1 Å². The standard InChI is InChI=1S/C8H17N2O.Hs/c1-4-5-10-8(11)7(9)6(2)3;/h7H,4-5,9H2,1-3H3,(H,10,11);/q-1;. The van der Waals surface area contributed by atoms with Crippen molar-refractivity contribution in [1.82, 2.24) is 5.32 Å². The molecular weight excluding hydrogens is 409 g/mol. The number of carbonyl (C=O) groups excluding carboxylic acids is 1. The maximum atomic E-state index is 11.1. The second kappa shape index (κ2) is 6.16. The van der Waals surface area contributed by atoms with E-state index in [0.29, 0.717) is 6.54 Å². The molecule has 4 heteroatoms. The molecule has 0 aromatic carbocycles. The van der Waals surface area contributed by atoms with Crippen LogP contribution in [0.3, 0.4) is 0 Å². The average molecular weight is 426 g/mol. The van der Waals surface area contributed by atoms with Crippen LogP contribution < -0.4 is 11.1 Å². The van der Waals surface area contributed by atoms with Gasteiger partial charge in [0.25, 0.3) is 0 Å². The maximum absolute atomic E-state index is 11.1. The van der Waals surface area contributed by atoms with Gasteiger partial charge in [0.05, 0.1) is 0 Å². The Morgan fingerprint density at radius 1 is 1.58 bits per heavy atom. The summed E-state index contributed by atoms with van der Waals surface area (Å²) < 4.78 is 0. The van der Waals surface area contributed by atoms with E-state index in [4.69, 9.17) is 5.73 Å². The van der Waals surface area contributed by atoms with Crippen molar-refractivity contribution in [3.05, 3.63) is 5.92 Å². The molecule has 0 saturated carbocycles. The van der Waals surface area contributed by atoms with Crippen LogP contribution in [-0.2, 0) is 4.79 Å². The van der Waals surface area contributed by atoms with E-state index in [2.05, 4.69) is 5.32 Å². The van der Waals surface area contributed by atoms with Gasteiger partial charge in [-0.15, -0.1) is 0 Å². The largest absolute Gasteiger partial charge is 0.357 e. The maximum Gasteiger partial charge on any atom is 0.206 e. The van der Waals surface area contributed by atoms with E-state index in [-0.39, 0.29) is 5.91 Å². The smallest absolute Gasteiger partial charge is 0.206 e. The van der Waals surface area contributed by atoms with E-state index in [0.717, 1.165) is 12.3 Å². The Labute approximate surface area is 68.3 Å². The molecule has 0 heterocycles. The number of rotatable bonds is 4. The first-order chi connectivity index (χ1) is 5.09. The van der Waals surface area contributed by atoms with Crippen LogP contribution in [-0.4, -0.2) is 18.5 Å². The van der Waals surface area contributed by atoms with Gasteiger partial charge in [-0.1, -0.05) is 6.92 Å². The van der Waals surface area contributed by atoms with Gasteiger partial charge in [0.2, 0.25) is 5.91 Å². The molecule has 1 atom stereocenters. The van der Waals surface area contributed by atoms with Crippen LogP contribution in [0.1, 0.15) is 27.2 Å². The summed E-state index contributed by atoms with van der Waals surface area (Å²) in [5.41, 5.74) is 5.55. The quantitative estimate of drug-likeness (QED) is 0.642. The monoisotopic (exact) mass is 426 g/mol. The molecule has 0 bridgehead atoms. The van der Waals surface area contributed by atoms with Gasteiger partial charge in [-0.05, 0) is 12.5 Å². The zero-order valence-corrected chi connectivity index (χ0v) is 14.7. The minimum atomic E-state index is -0.443. The van der Waals surface area contributed by atoms with Gasteiger partial charge >= 0.3 is 0 Å². The van der Waals surface area contributed by atoms with Crippen LogP contribution >= 0.6 is 0 Å². The fourth-order valence-corrected chi connectivity index (χ4v) is 0.620. The average Bonchev–Trinajstić information content (AvgIpc) is 1.98. The molecule has 0 aromatic heterocycles. The van der Waals surface area contributed by atoms with E-state index < -0.39 is 6.04 Å². The van der Waals surface area contributed by atoms with E-state index in [1.165, 1.54) is 0 Å². The molecule has 0 aliphatic carbocycles. The second-order valence-corrected chi connectivity index (χ2v) is 2.85. The minimum Gasteiger partial charge on any atom is -0.357 e. The summed E-state index contributed by atoms with van der Waals surface area (Å²) in [6, 6.07) is -0.443. The van der Waals surface area contributed by atoms with Crippen molar-refractivity contribution >= 4 is 5.91 Å². The Morgan fingerprint density at radius 3 is 2.42 bits per heavy atom. The molecule has 0 saturated heterocycles. The first-order valence-corrected chi connectivity index (χ1v) is 3.93. The third kappa shape index (κ3) is 4.28. The summed E-state index contributed by atoms with van der Waals surface area (Å²) in [6.07, 6.45) is 0.946. The van der Waals surface area contributed by atoms with Crippen LogP contribution in [0.2, 0.25) is 0 Å². The molecule has 0 aromatic rings. The van der Waals surface area contributed by atoms with E-state index >= 15 is 0 Å². The number of hydrogen-bond donors (Lipinski definition) is 2. The van der Waals surface area contributed by atoms with Gasteiger partial charge in [0.15, 0.2) is 0 Å². The van der Waals surface area contributed by atoms with E-state index in [1.54, 1.807) is 0 Å². The molecule has 12 heavy (non-hydrogen) atoms. The number of nitrogens with two attached hydrogens (primary N) is 1. The van der Waals surface area contributed by atoms with Gasteiger partial charge in [-0.3, -0.25) is 10.7 Å². The summed E-state index contributed by atoms with van der Waals surface area (Å²) in [5, 5.41) is 2.73. The molecule has 0 aliphatic rings. The zero-order valence-electron chi connectivity index (χ0n) is 8.18. The van der Waals surface area contributed by atoms with Crippen LogP contribution in [0.15, 0.2) is 0 Å². The Hall–Kier alpha value is -1.57. The van der Waals surface area contributed by atoms with Crippen molar-refractivity contribution in [3.63, 3.8) is 0 Å². The van der Waals surface area contributed by atoms with Crippen molar-refractivity contribution in [2.24, 2.45) is 5.73 Å². The summed E-state index contributed by atoms with van der Waals surface area (Å²) in [7, 11) is 0. The van der Waals surface area contributed by atoms with Crippen molar-refractivity contribution in [1.29, 1.82) is 0 Å². The van der Waals surface area contributed by atoms with Gasteiger partial charge in [0.1, 0.15) is 0 Å². The SMILES string of the molecule is CCCNC(=O)C(N)[C-](C)C.[Hs]. The van der Waals surface area contributed by atoms with Gasteiger partial charge in [-0.25, -0.2) is 0 Å². The zero-order chi connectivity index (χ0) is 8.85. The fourth-order valence-electron chi connectivity index (χ4n) is 0.620. The molecule has 0 fully saturated rings. The number of amides is 1. The molecule has 3 N–H and O–H groups in total. The van der Waals surface area contributed by atoms with Gasteiger partial charge in [-0.2, -0.15) is 13.8 Å². The Kier molecular flexibility index (Phi) is 6.70. The van der Waals surface area contributed by atoms with E-state index in [9.17, 15) is 4.79 Å². The predicted molar refractivity (Wildman–Crippen MR) is 45.9 cm³/mol. The van der Waals surface area contributed by atoms with Gasteiger partial charge in [0, 0.05) is 6.54 Å². The third-order valence-corrected chi connectivity index (χ3v) is 1.45. The Bertz CT molecular complexity index is 128. The normalized spacial score (nSPS) is 12.1. The number of nitrogens with one attached hydrogen (secondary N) is 1. The second-order valence-electron chi connectivity index (χ2n) is 2.85. The van der Waals surface area contributed by atoms with Crippen LogP contribution in [0.5, 0.6) is 0 Å². The van der Waals surface area contributed by atoms with Crippen molar-refractivity contribution < 1.29 is 4.79 Å². The minimum absolute atomic E-state index is 0. The first-order valence-electron chi connectivity index (χ1n) is 3.93. The predicted octanol–water partition coefficient (Wildman–Crippen LogP) is 0.454. The van der Waals surface area contributed by atoms with Crippen LogP contribution in [0.25, 0.3) is 0 Å². The third-order valence-electron chi connectivity index (χ3n) is 1.45. The van der Waals surface area contributed by atoms with Crippen LogP contribution in [0, 0.1) is 5.92 Å². The van der Waals surface area contributed by atoms with Crippen molar-refractivity contribution in [3.8, 4) is 0 Å². The molecule has 3 nitrogen and oxygen atoms in total. The summed E-state index contributed by atoms with van der Waals surface area (Å²) in [5.74, 6) is 0.866. The molecule has 0 spiro atoms. The summed E-state index contributed by atoms with van der Waals surface area (Å²) in [4.78, 5) is 11.1. The van der Waals surface area contributed by atoms with Crippen molar-refractivity contribution in [2.75, 3.05) is 6.54 Å². The number of carbonyl (C=O) groups is 1. The van der Waals surface area contributed by atoms with E-state index in [1.807, 2.05) is 20.8 Å². The fraction of sp³-hybridized carbons (Fsp3) is 0.750. The topological polar surface area (TPSA) is 55.1 Å². The summed E-state index contributed by atoms with van der Waals surface area (Å²) in [6.45, 7) is 6.43. The van der Waals surface area contributed by atoms with Crippen molar-refractivity contribution in [2.45, 2.75) is 33.2 Å². The molecule has 1 unspecified atom stereocenters. The van der Waals surface area contributed by atoms with Crippen LogP contribution in [0.4, 0.5) is 0 Å². The summed E-state index contributed by atoms with van der Waals surface area (Å²) >= 11 is 0. The number of hydrogen-bond acceptors (Lipinski definition) is 2. The molecule has 0 aliphatic heterocycles. The Balaban J connectivity index is 0. The molecule has 0 radical (unpaired) electrons. The molecular formula is C8H17HsN2O-. The molecule has 68 valence electrons. The molecule has 0 rings (SSSR count). The first kappa shape index (κ1) is 13.1. The Morgan fingerprint density at radius 2 is 2.08 bits per heavy atom. The molecule has 1 amide bonds.